The molecule has 1 heteroatoms. The van der Waals surface area contributed by atoms with Gasteiger partial charge >= 0.3 is 0 Å². The molecule has 2 atom stereocenters. The normalized spacial score (nSPS) is 38.2. The molecule has 1 rings (SSSR count). The van der Waals surface area contributed by atoms with Crippen molar-refractivity contribution in [1.29, 1.82) is 0 Å². The van der Waals surface area contributed by atoms with Gasteiger partial charge in [0.15, 0.2) is 0 Å². The number of allylic oxidation sites excluding steroid dienone is 1. The Bertz CT molecular complexity index is 118. The first-order valence-electron chi connectivity index (χ1n) is 4.14. The third kappa shape index (κ3) is 2.53. The number of aliphatic hydroxyl groups excluding tert-OH is 1. The number of aliphatic hydroxyl groups is 1. The van der Waals surface area contributed by atoms with Crippen LogP contribution in [0.3, 0.4) is 0 Å². The standard InChI is InChI=1S/C9H16O/c1-8-4-2-6-9(10)7-3-5-8/h2,6,8-10H,3-5,7H2,1H3/b6-2+. The monoisotopic (exact) mass is 140 g/mol. The average molecular weight is 140 g/mol. The second-order valence-corrected chi connectivity index (χ2v) is 3.27. The number of hydrogen-bond donors (Lipinski definition) is 1. The van der Waals surface area contributed by atoms with Crippen LogP contribution in [-0.4, -0.2) is 11.2 Å². The summed E-state index contributed by atoms with van der Waals surface area (Å²) in [5.74, 6) is 0.809. The second-order valence-electron chi connectivity index (χ2n) is 3.27. The fraction of sp³-hybridized carbons (Fsp3) is 0.778. The molecule has 0 saturated heterocycles. The van der Waals surface area contributed by atoms with Gasteiger partial charge in [-0.2, -0.15) is 0 Å². The lowest BCUT2D eigenvalue weighted by Crippen LogP contribution is -2.06. The van der Waals surface area contributed by atoms with Gasteiger partial charge in [0.2, 0.25) is 0 Å². The molecule has 0 radical (unpaired) electrons. The van der Waals surface area contributed by atoms with Crippen molar-refractivity contribution in [2.24, 2.45) is 5.92 Å². The summed E-state index contributed by atoms with van der Waals surface area (Å²) in [6.07, 6.45) is 8.38. The lowest BCUT2D eigenvalue weighted by Gasteiger charge is -2.13. The average Bonchev–Trinajstić information content (AvgIpc) is 1.84. The maximum absolute atomic E-state index is 9.21. The molecule has 0 aromatic heterocycles. The summed E-state index contributed by atoms with van der Waals surface area (Å²) >= 11 is 0. The van der Waals surface area contributed by atoms with Crippen molar-refractivity contribution in [1.82, 2.24) is 0 Å². The molecule has 0 spiro atoms. The molecule has 0 aromatic rings. The molecule has 0 saturated carbocycles. The largest absolute Gasteiger partial charge is 0.389 e. The Kier molecular flexibility index (Phi) is 2.94. The molecule has 2 unspecified atom stereocenters. The van der Waals surface area contributed by atoms with Gasteiger partial charge in [-0.05, 0) is 18.8 Å². The summed E-state index contributed by atoms with van der Waals surface area (Å²) in [6, 6.07) is 0. The van der Waals surface area contributed by atoms with Crippen molar-refractivity contribution < 1.29 is 5.11 Å². The zero-order chi connectivity index (χ0) is 7.40. The van der Waals surface area contributed by atoms with Crippen LogP contribution in [0.5, 0.6) is 0 Å². The van der Waals surface area contributed by atoms with Crippen molar-refractivity contribution in [2.75, 3.05) is 0 Å². The van der Waals surface area contributed by atoms with Crippen molar-refractivity contribution in [3.05, 3.63) is 12.2 Å². The van der Waals surface area contributed by atoms with Crippen LogP contribution >= 0.6 is 0 Å². The highest BCUT2D eigenvalue weighted by Gasteiger charge is 2.06. The van der Waals surface area contributed by atoms with E-state index in [-0.39, 0.29) is 6.10 Å². The van der Waals surface area contributed by atoms with Gasteiger partial charge in [0.1, 0.15) is 0 Å². The van der Waals surface area contributed by atoms with Gasteiger partial charge in [0, 0.05) is 0 Å². The van der Waals surface area contributed by atoms with Crippen LogP contribution in [0.25, 0.3) is 0 Å². The van der Waals surface area contributed by atoms with E-state index in [1.807, 2.05) is 6.08 Å². The van der Waals surface area contributed by atoms with Gasteiger partial charge in [-0.3, -0.25) is 0 Å². The number of rotatable bonds is 0. The van der Waals surface area contributed by atoms with Crippen molar-refractivity contribution in [2.45, 2.75) is 38.7 Å². The van der Waals surface area contributed by atoms with Gasteiger partial charge < -0.3 is 5.11 Å². The van der Waals surface area contributed by atoms with E-state index >= 15 is 0 Å². The zero-order valence-electron chi connectivity index (χ0n) is 6.59. The summed E-state index contributed by atoms with van der Waals surface area (Å²) in [5, 5.41) is 9.21. The Morgan fingerprint density at radius 2 is 2.20 bits per heavy atom. The first-order chi connectivity index (χ1) is 4.79. The quantitative estimate of drug-likeness (QED) is 0.511. The van der Waals surface area contributed by atoms with Gasteiger partial charge in [0.05, 0.1) is 6.10 Å². The molecule has 0 aromatic carbocycles. The third-order valence-electron chi connectivity index (χ3n) is 2.09. The van der Waals surface area contributed by atoms with E-state index in [1.54, 1.807) is 0 Å². The Morgan fingerprint density at radius 1 is 1.40 bits per heavy atom. The lowest BCUT2D eigenvalue weighted by atomic mass is 9.96. The first-order valence-corrected chi connectivity index (χ1v) is 4.14. The molecular formula is C9H16O. The highest BCUT2D eigenvalue weighted by Crippen LogP contribution is 2.16. The van der Waals surface area contributed by atoms with E-state index in [1.165, 1.54) is 12.8 Å². The highest BCUT2D eigenvalue weighted by atomic mass is 16.3. The SMILES string of the molecule is CC1C/C=C/C(O)CCC1. The minimum atomic E-state index is -0.174. The van der Waals surface area contributed by atoms with Gasteiger partial charge in [-0.15, -0.1) is 0 Å². The smallest absolute Gasteiger partial charge is 0.0720 e. The lowest BCUT2D eigenvalue weighted by molar-refractivity contribution is 0.202. The van der Waals surface area contributed by atoms with E-state index < -0.39 is 0 Å². The fourth-order valence-corrected chi connectivity index (χ4v) is 1.36. The Labute approximate surface area is 62.8 Å². The minimum Gasteiger partial charge on any atom is -0.389 e. The predicted octanol–water partition coefficient (Wildman–Crippen LogP) is 2.11. The maximum Gasteiger partial charge on any atom is 0.0720 e. The molecule has 0 aliphatic heterocycles. The van der Waals surface area contributed by atoms with Gasteiger partial charge in [-0.1, -0.05) is 31.9 Å². The van der Waals surface area contributed by atoms with Crippen LogP contribution in [0.1, 0.15) is 32.6 Å². The molecule has 58 valence electrons. The summed E-state index contributed by atoms with van der Waals surface area (Å²) in [4.78, 5) is 0. The van der Waals surface area contributed by atoms with Gasteiger partial charge in [0.25, 0.3) is 0 Å². The van der Waals surface area contributed by atoms with E-state index in [4.69, 9.17) is 0 Å². The highest BCUT2D eigenvalue weighted by molar-refractivity contribution is 4.91. The molecule has 0 amide bonds. The summed E-state index contributed by atoms with van der Waals surface area (Å²) < 4.78 is 0. The molecule has 1 aliphatic rings. The first kappa shape index (κ1) is 7.80. The molecule has 1 nitrogen and oxygen atoms in total. The van der Waals surface area contributed by atoms with Crippen LogP contribution in [0.2, 0.25) is 0 Å². The van der Waals surface area contributed by atoms with E-state index in [0.29, 0.717) is 0 Å². The Balaban J connectivity index is 2.38. The van der Waals surface area contributed by atoms with E-state index in [9.17, 15) is 5.11 Å². The molecule has 0 bridgehead atoms. The van der Waals surface area contributed by atoms with Crippen LogP contribution in [0, 0.1) is 5.92 Å². The Hall–Kier alpha value is -0.300. The minimum absolute atomic E-state index is 0.174. The molecule has 10 heavy (non-hydrogen) atoms. The van der Waals surface area contributed by atoms with Crippen molar-refractivity contribution in [3.63, 3.8) is 0 Å². The molecular weight excluding hydrogens is 124 g/mol. The second kappa shape index (κ2) is 3.77. The summed E-state index contributed by atoms with van der Waals surface area (Å²) in [6.45, 7) is 2.27. The summed E-state index contributed by atoms with van der Waals surface area (Å²) in [7, 11) is 0. The maximum atomic E-state index is 9.21. The zero-order valence-corrected chi connectivity index (χ0v) is 6.59. The van der Waals surface area contributed by atoms with Crippen LogP contribution in [-0.2, 0) is 0 Å². The summed E-state index contributed by atoms with van der Waals surface area (Å²) in [5.41, 5.74) is 0. The molecule has 1 aliphatic carbocycles. The third-order valence-corrected chi connectivity index (χ3v) is 2.09. The predicted molar refractivity (Wildman–Crippen MR) is 42.8 cm³/mol. The van der Waals surface area contributed by atoms with E-state index in [2.05, 4.69) is 13.0 Å². The Morgan fingerprint density at radius 3 is 3.00 bits per heavy atom. The van der Waals surface area contributed by atoms with Crippen molar-refractivity contribution >= 4 is 0 Å². The van der Waals surface area contributed by atoms with E-state index in [0.717, 1.165) is 18.8 Å². The van der Waals surface area contributed by atoms with Gasteiger partial charge in [-0.25, -0.2) is 0 Å². The fourth-order valence-electron chi connectivity index (χ4n) is 1.36. The van der Waals surface area contributed by atoms with Crippen LogP contribution in [0.15, 0.2) is 12.2 Å². The number of hydrogen-bond acceptors (Lipinski definition) is 1. The van der Waals surface area contributed by atoms with Crippen LogP contribution in [0.4, 0.5) is 0 Å². The van der Waals surface area contributed by atoms with Crippen LogP contribution < -0.4 is 0 Å². The molecule has 0 heterocycles. The molecule has 0 fully saturated rings. The topological polar surface area (TPSA) is 20.2 Å². The molecule has 1 N–H and O–H groups in total. The van der Waals surface area contributed by atoms with Crippen molar-refractivity contribution in [3.8, 4) is 0 Å².